The van der Waals surface area contributed by atoms with E-state index in [1.54, 1.807) is 7.11 Å². The fourth-order valence-corrected chi connectivity index (χ4v) is 3.01. The van der Waals surface area contributed by atoms with E-state index in [1.807, 2.05) is 7.05 Å². The molecule has 1 saturated heterocycles. The number of nitrogens with zero attached hydrogens (tertiary/aromatic N) is 2. The van der Waals surface area contributed by atoms with Crippen LogP contribution in [0.3, 0.4) is 0 Å². The Balaban J connectivity index is 0.00000441. The minimum absolute atomic E-state index is 0. The molecule has 1 atom stereocenters. The standard InChI is InChI=1S/C17H35N3O.HI/c1-4-5-6-7-8-9-10-12-19-17(18-2)20-13-11-16(14-20)15-21-3;/h16H,4-15H2,1-3H3,(H,18,19);1H. The molecule has 22 heavy (non-hydrogen) atoms. The number of rotatable bonds is 10. The number of guanidine groups is 1. The number of nitrogens with one attached hydrogen (secondary N) is 1. The highest BCUT2D eigenvalue weighted by atomic mass is 127. The highest BCUT2D eigenvalue weighted by molar-refractivity contribution is 14.0. The lowest BCUT2D eigenvalue weighted by atomic mass is 10.1. The van der Waals surface area contributed by atoms with Gasteiger partial charge in [0.2, 0.25) is 0 Å². The van der Waals surface area contributed by atoms with E-state index in [1.165, 1.54) is 51.4 Å². The van der Waals surface area contributed by atoms with Gasteiger partial charge in [-0.05, 0) is 12.8 Å². The number of halogens is 1. The van der Waals surface area contributed by atoms with E-state index in [4.69, 9.17) is 4.74 Å². The molecule has 1 heterocycles. The molecule has 0 saturated carbocycles. The van der Waals surface area contributed by atoms with Crippen LogP contribution in [0.2, 0.25) is 0 Å². The summed E-state index contributed by atoms with van der Waals surface area (Å²) in [6.07, 6.45) is 10.7. The summed E-state index contributed by atoms with van der Waals surface area (Å²) in [5.41, 5.74) is 0. The predicted octanol–water partition coefficient (Wildman–Crippen LogP) is 3.90. The topological polar surface area (TPSA) is 36.9 Å². The summed E-state index contributed by atoms with van der Waals surface area (Å²) in [4.78, 5) is 6.78. The van der Waals surface area contributed by atoms with Crippen LogP contribution in [0.15, 0.2) is 4.99 Å². The molecule has 1 unspecified atom stereocenters. The molecule has 1 rings (SSSR count). The summed E-state index contributed by atoms with van der Waals surface area (Å²) in [6, 6.07) is 0. The molecule has 0 bridgehead atoms. The first-order valence-corrected chi connectivity index (χ1v) is 8.76. The second kappa shape index (κ2) is 14.5. The molecule has 0 radical (unpaired) electrons. The molecule has 5 heteroatoms. The van der Waals surface area contributed by atoms with Gasteiger partial charge in [-0.2, -0.15) is 0 Å². The van der Waals surface area contributed by atoms with Gasteiger partial charge < -0.3 is 15.0 Å². The quantitative estimate of drug-likeness (QED) is 0.250. The molecule has 0 aliphatic carbocycles. The van der Waals surface area contributed by atoms with Crippen molar-refractivity contribution in [2.75, 3.05) is 40.4 Å². The van der Waals surface area contributed by atoms with Crippen LogP contribution in [-0.2, 0) is 4.74 Å². The molecule has 132 valence electrons. The maximum atomic E-state index is 5.25. The Kier molecular flexibility index (Phi) is 14.5. The summed E-state index contributed by atoms with van der Waals surface area (Å²) in [6.45, 7) is 6.36. The van der Waals surface area contributed by atoms with Crippen molar-refractivity contribution in [1.29, 1.82) is 0 Å². The Hall–Kier alpha value is -0.0400. The molecular formula is C17H36IN3O. The van der Waals surface area contributed by atoms with Crippen molar-refractivity contribution in [3.05, 3.63) is 0 Å². The normalized spacial score (nSPS) is 18.4. The predicted molar refractivity (Wildman–Crippen MR) is 106 cm³/mol. The van der Waals surface area contributed by atoms with Crippen LogP contribution in [0.4, 0.5) is 0 Å². The largest absolute Gasteiger partial charge is 0.384 e. The maximum Gasteiger partial charge on any atom is 0.193 e. The Morgan fingerprint density at radius 3 is 2.50 bits per heavy atom. The Labute approximate surface area is 154 Å². The van der Waals surface area contributed by atoms with Crippen molar-refractivity contribution < 1.29 is 4.74 Å². The molecule has 0 amide bonds. The molecule has 1 aliphatic heterocycles. The highest BCUT2D eigenvalue weighted by Crippen LogP contribution is 2.16. The maximum absolute atomic E-state index is 5.25. The third-order valence-corrected chi connectivity index (χ3v) is 4.26. The van der Waals surface area contributed by atoms with Gasteiger partial charge in [0, 0.05) is 39.7 Å². The second-order valence-electron chi connectivity index (χ2n) is 6.15. The molecule has 4 nitrogen and oxygen atoms in total. The average Bonchev–Trinajstić information content (AvgIpc) is 2.95. The summed E-state index contributed by atoms with van der Waals surface area (Å²) >= 11 is 0. The molecule has 1 aliphatic rings. The van der Waals surface area contributed by atoms with E-state index >= 15 is 0 Å². The lowest BCUT2D eigenvalue weighted by Gasteiger charge is -2.21. The van der Waals surface area contributed by atoms with Gasteiger partial charge in [-0.1, -0.05) is 45.4 Å². The Morgan fingerprint density at radius 1 is 1.18 bits per heavy atom. The van der Waals surface area contributed by atoms with E-state index in [2.05, 4.69) is 22.1 Å². The zero-order chi connectivity index (χ0) is 15.3. The van der Waals surface area contributed by atoms with Crippen LogP contribution in [0.5, 0.6) is 0 Å². The van der Waals surface area contributed by atoms with Crippen LogP contribution in [-0.4, -0.2) is 51.3 Å². The summed E-state index contributed by atoms with van der Waals surface area (Å²) in [7, 11) is 3.67. The molecule has 0 spiro atoms. The van der Waals surface area contributed by atoms with Crippen LogP contribution in [0.1, 0.15) is 58.3 Å². The van der Waals surface area contributed by atoms with Crippen molar-refractivity contribution in [2.24, 2.45) is 10.9 Å². The van der Waals surface area contributed by atoms with Crippen LogP contribution in [0.25, 0.3) is 0 Å². The summed E-state index contributed by atoms with van der Waals surface area (Å²) in [5.74, 6) is 1.73. The zero-order valence-electron chi connectivity index (χ0n) is 14.8. The number of methoxy groups -OCH3 is 1. The van der Waals surface area contributed by atoms with Gasteiger partial charge in [-0.3, -0.25) is 4.99 Å². The zero-order valence-corrected chi connectivity index (χ0v) is 17.1. The van der Waals surface area contributed by atoms with Crippen LogP contribution >= 0.6 is 24.0 Å². The minimum Gasteiger partial charge on any atom is -0.384 e. The number of hydrogen-bond acceptors (Lipinski definition) is 2. The van der Waals surface area contributed by atoms with Gasteiger partial charge >= 0.3 is 0 Å². The van der Waals surface area contributed by atoms with Gasteiger partial charge in [0.05, 0.1) is 6.61 Å². The SMILES string of the molecule is CCCCCCCCCNC(=NC)N1CCC(COC)C1.I. The number of unbranched alkanes of at least 4 members (excludes halogenated alkanes) is 6. The monoisotopic (exact) mass is 425 g/mol. The molecule has 0 aromatic heterocycles. The van der Waals surface area contributed by atoms with Crippen LogP contribution in [0, 0.1) is 5.92 Å². The Morgan fingerprint density at radius 2 is 1.86 bits per heavy atom. The van der Waals surface area contributed by atoms with Crippen LogP contribution < -0.4 is 5.32 Å². The van der Waals surface area contributed by atoms with Crippen molar-refractivity contribution in [3.8, 4) is 0 Å². The first-order chi connectivity index (χ1) is 10.3. The third kappa shape index (κ3) is 9.18. The van der Waals surface area contributed by atoms with E-state index in [0.717, 1.165) is 32.2 Å². The fourth-order valence-electron chi connectivity index (χ4n) is 3.01. The number of likely N-dealkylation sites (tertiary alicyclic amines) is 1. The lowest BCUT2D eigenvalue weighted by Crippen LogP contribution is -2.40. The Bertz CT molecular complexity index is 287. The number of hydrogen-bond donors (Lipinski definition) is 1. The van der Waals surface area contributed by atoms with E-state index < -0.39 is 0 Å². The average molecular weight is 425 g/mol. The molecular weight excluding hydrogens is 389 g/mol. The first kappa shape index (κ1) is 22.0. The lowest BCUT2D eigenvalue weighted by molar-refractivity contribution is 0.157. The molecule has 1 N–H and O–H groups in total. The van der Waals surface area contributed by atoms with Crippen molar-refractivity contribution in [3.63, 3.8) is 0 Å². The minimum atomic E-state index is 0. The molecule has 1 fully saturated rings. The molecule has 0 aromatic carbocycles. The van der Waals surface area contributed by atoms with Gasteiger partial charge in [-0.25, -0.2) is 0 Å². The summed E-state index contributed by atoms with van der Waals surface area (Å²) in [5, 5.41) is 3.51. The van der Waals surface area contributed by atoms with Gasteiger partial charge in [0.25, 0.3) is 0 Å². The van der Waals surface area contributed by atoms with Gasteiger partial charge in [0.1, 0.15) is 0 Å². The second-order valence-corrected chi connectivity index (χ2v) is 6.15. The molecule has 0 aromatic rings. The van der Waals surface area contributed by atoms with E-state index in [0.29, 0.717) is 5.92 Å². The highest BCUT2D eigenvalue weighted by Gasteiger charge is 2.24. The van der Waals surface area contributed by atoms with Crippen molar-refractivity contribution in [2.45, 2.75) is 58.3 Å². The van der Waals surface area contributed by atoms with Crippen molar-refractivity contribution in [1.82, 2.24) is 10.2 Å². The van der Waals surface area contributed by atoms with E-state index in [-0.39, 0.29) is 24.0 Å². The fraction of sp³-hybridized carbons (Fsp3) is 0.941. The summed E-state index contributed by atoms with van der Waals surface area (Å²) < 4.78 is 5.25. The van der Waals surface area contributed by atoms with Gasteiger partial charge in [-0.15, -0.1) is 24.0 Å². The van der Waals surface area contributed by atoms with E-state index in [9.17, 15) is 0 Å². The van der Waals surface area contributed by atoms with Gasteiger partial charge in [0.15, 0.2) is 5.96 Å². The number of aliphatic imine (C=N–C) groups is 1. The first-order valence-electron chi connectivity index (χ1n) is 8.76. The third-order valence-electron chi connectivity index (χ3n) is 4.26. The smallest absolute Gasteiger partial charge is 0.193 e. The number of ether oxygens (including phenoxy) is 1. The van der Waals surface area contributed by atoms with Crippen molar-refractivity contribution >= 4 is 29.9 Å².